The largest absolute Gasteiger partial charge is 0.491 e. The van der Waals surface area contributed by atoms with Gasteiger partial charge in [0, 0.05) is 56.9 Å². The van der Waals surface area contributed by atoms with Crippen LogP contribution < -0.4 is 9.46 Å². The monoisotopic (exact) mass is 524 g/mol. The first-order valence-corrected chi connectivity index (χ1v) is 13.8. The van der Waals surface area contributed by atoms with E-state index in [0.29, 0.717) is 30.4 Å². The Bertz CT molecular complexity index is 1200. The molecule has 1 fully saturated rings. The highest BCUT2D eigenvalue weighted by atomic mass is 35.5. The summed E-state index contributed by atoms with van der Waals surface area (Å²) >= 11 is 7.47. The topological polar surface area (TPSA) is 95.0 Å². The van der Waals surface area contributed by atoms with E-state index >= 15 is 0 Å². The van der Waals surface area contributed by atoms with Crippen molar-refractivity contribution in [2.24, 2.45) is 0 Å². The van der Waals surface area contributed by atoms with Gasteiger partial charge in [0.2, 0.25) is 10.0 Å². The first kappa shape index (κ1) is 25.3. The number of aliphatic hydroxyl groups excluding tert-OH is 1. The van der Waals surface area contributed by atoms with E-state index in [-0.39, 0.29) is 11.5 Å². The predicted molar refractivity (Wildman–Crippen MR) is 135 cm³/mol. The molecule has 11 heteroatoms. The maximum atomic E-state index is 12.4. The maximum Gasteiger partial charge on any atom is 0.240 e. The lowest BCUT2D eigenvalue weighted by Gasteiger charge is -2.35. The number of ether oxygens (including phenoxy) is 1. The van der Waals surface area contributed by atoms with Crippen LogP contribution in [-0.4, -0.2) is 86.8 Å². The second kappa shape index (κ2) is 11.3. The molecule has 2 aromatic carbocycles. The highest BCUT2D eigenvalue weighted by Gasteiger charge is 2.20. The van der Waals surface area contributed by atoms with Crippen LogP contribution in [0.5, 0.6) is 5.75 Å². The Morgan fingerprint density at radius 2 is 1.85 bits per heavy atom. The summed E-state index contributed by atoms with van der Waals surface area (Å²) < 4.78 is 34.3. The van der Waals surface area contributed by atoms with Gasteiger partial charge in [-0.2, -0.15) is 0 Å². The summed E-state index contributed by atoms with van der Waals surface area (Å²) in [7, 11) is -3.54. The number of sulfonamides is 1. The van der Waals surface area contributed by atoms with Crippen molar-refractivity contribution in [2.45, 2.75) is 17.9 Å². The van der Waals surface area contributed by atoms with Crippen molar-refractivity contribution >= 4 is 43.2 Å². The molecule has 0 amide bonds. The minimum atomic E-state index is -3.54. The summed E-state index contributed by atoms with van der Waals surface area (Å²) in [6.45, 7) is 6.96. The molecule has 0 aliphatic carbocycles. The van der Waals surface area contributed by atoms with Crippen LogP contribution >= 0.6 is 22.9 Å². The minimum absolute atomic E-state index is 0.208. The van der Waals surface area contributed by atoms with Crippen LogP contribution in [0.1, 0.15) is 5.01 Å². The van der Waals surface area contributed by atoms with Crippen molar-refractivity contribution in [3.05, 3.63) is 52.5 Å². The Morgan fingerprint density at radius 3 is 2.59 bits per heavy atom. The number of aliphatic hydroxyl groups is 1. The summed E-state index contributed by atoms with van der Waals surface area (Å²) in [5.74, 6) is 0.711. The van der Waals surface area contributed by atoms with E-state index in [4.69, 9.17) is 16.3 Å². The molecule has 0 bridgehead atoms. The van der Waals surface area contributed by atoms with Crippen LogP contribution in [0.3, 0.4) is 0 Å². The SMILES string of the molecule is Cc1nc2cc(OC[C@H](O)CN3CCN(CCNS(=O)(=O)c4ccc(Cl)cc4)CC3)ccc2s1. The third-order valence-corrected chi connectivity index (χ3v) is 8.37. The van der Waals surface area contributed by atoms with Crippen molar-refractivity contribution in [1.82, 2.24) is 19.5 Å². The number of nitrogens with zero attached hydrogens (tertiary/aromatic N) is 3. The number of benzene rings is 2. The summed E-state index contributed by atoms with van der Waals surface area (Å²) in [6, 6.07) is 11.9. The standard InChI is InChI=1S/C23H29ClN4O4S2/c1-17-26-22-14-20(4-7-23(22)33-17)32-16-19(29)15-28-12-10-27(11-13-28)9-8-25-34(30,31)21-5-2-18(24)3-6-21/h2-7,14,19,25,29H,8-13,15-16H2,1H3/t19-/m1/s1. The lowest BCUT2D eigenvalue weighted by Crippen LogP contribution is -2.50. The van der Waals surface area contributed by atoms with E-state index in [9.17, 15) is 13.5 Å². The van der Waals surface area contributed by atoms with Crippen LogP contribution in [0.2, 0.25) is 5.02 Å². The van der Waals surface area contributed by atoms with Gasteiger partial charge in [0.1, 0.15) is 18.5 Å². The smallest absolute Gasteiger partial charge is 0.240 e. The van der Waals surface area contributed by atoms with Crippen molar-refractivity contribution < 1.29 is 18.3 Å². The van der Waals surface area contributed by atoms with E-state index in [0.717, 1.165) is 41.4 Å². The van der Waals surface area contributed by atoms with Crippen LogP contribution in [0, 0.1) is 6.92 Å². The normalized spacial score (nSPS) is 16.7. The van der Waals surface area contributed by atoms with Gasteiger partial charge in [-0.15, -0.1) is 11.3 Å². The van der Waals surface area contributed by atoms with Crippen LogP contribution in [0.25, 0.3) is 10.2 Å². The van der Waals surface area contributed by atoms with Crippen LogP contribution in [-0.2, 0) is 10.0 Å². The van der Waals surface area contributed by atoms with Crippen LogP contribution in [0.4, 0.5) is 0 Å². The van der Waals surface area contributed by atoms with E-state index in [1.54, 1.807) is 23.5 Å². The molecule has 1 atom stereocenters. The molecule has 34 heavy (non-hydrogen) atoms. The molecule has 1 aromatic heterocycles. The van der Waals surface area contributed by atoms with Gasteiger partial charge >= 0.3 is 0 Å². The number of β-amino-alcohol motifs (C(OH)–C–C–N with tert-alkyl or cyclic N) is 1. The summed E-state index contributed by atoms with van der Waals surface area (Å²) in [5, 5.41) is 11.9. The average molecular weight is 525 g/mol. The number of rotatable bonds is 10. The van der Waals surface area contributed by atoms with Crippen LogP contribution in [0.15, 0.2) is 47.4 Å². The fourth-order valence-corrected chi connectivity index (χ4v) is 5.84. The Balaban J connectivity index is 1.14. The molecule has 4 rings (SSSR count). The van der Waals surface area contributed by atoms with E-state index < -0.39 is 16.1 Å². The molecule has 1 aliphatic heterocycles. The van der Waals surface area contributed by atoms with Gasteiger partial charge in [0.25, 0.3) is 0 Å². The van der Waals surface area contributed by atoms with Crippen molar-refractivity contribution in [2.75, 3.05) is 52.4 Å². The first-order chi connectivity index (χ1) is 16.3. The van der Waals surface area contributed by atoms with Gasteiger partial charge in [0.05, 0.1) is 20.1 Å². The van der Waals surface area contributed by atoms with Gasteiger partial charge in [-0.05, 0) is 43.3 Å². The number of fused-ring (bicyclic) bond motifs is 1. The minimum Gasteiger partial charge on any atom is -0.491 e. The molecule has 8 nitrogen and oxygen atoms in total. The molecule has 1 saturated heterocycles. The summed E-state index contributed by atoms with van der Waals surface area (Å²) in [5.41, 5.74) is 0.918. The number of hydrogen-bond donors (Lipinski definition) is 2. The Labute approximate surface area is 209 Å². The molecular formula is C23H29ClN4O4S2. The van der Waals surface area contributed by atoms with Crippen molar-refractivity contribution in [3.63, 3.8) is 0 Å². The first-order valence-electron chi connectivity index (χ1n) is 11.2. The number of piperazine rings is 1. The van der Waals surface area contributed by atoms with Crippen molar-refractivity contribution in [3.8, 4) is 5.75 Å². The molecule has 0 unspecified atom stereocenters. The zero-order valence-electron chi connectivity index (χ0n) is 19.0. The summed E-state index contributed by atoms with van der Waals surface area (Å²) in [4.78, 5) is 9.10. The highest BCUT2D eigenvalue weighted by molar-refractivity contribution is 7.89. The third-order valence-electron chi connectivity index (χ3n) is 5.69. The lowest BCUT2D eigenvalue weighted by atomic mass is 10.2. The molecule has 0 saturated carbocycles. The lowest BCUT2D eigenvalue weighted by molar-refractivity contribution is 0.0465. The predicted octanol–water partition coefficient (Wildman–Crippen LogP) is 2.59. The van der Waals surface area contributed by atoms with Gasteiger partial charge in [-0.25, -0.2) is 18.1 Å². The molecule has 2 N–H and O–H groups in total. The Kier molecular flexibility index (Phi) is 8.41. The zero-order chi connectivity index (χ0) is 24.1. The van der Waals surface area contributed by atoms with Crippen molar-refractivity contribution in [1.29, 1.82) is 0 Å². The number of aryl methyl sites for hydroxylation is 1. The number of thiazole rings is 1. The summed E-state index contributed by atoms with van der Waals surface area (Å²) in [6.07, 6.45) is -0.592. The van der Waals surface area contributed by atoms with Gasteiger partial charge in [-0.3, -0.25) is 9.80 Å². The second-order valence-electron chi connectivity index (χ2n) is 8.32. The van der Waals surface area contributed by atoms with Gasteiger partial charge < -0.3 is 9.84 Å². The fraction of sp³-hybridized carbons (Fsp3) is 0.435. The van der Waals surface area contributed by atoms with Gasteiger partial charge in [-0.1, -0.05) is 11.6 Å². The quantitative estimate of drug-likeness (QED) is 0.421. The zero-order valence-corrected chi connectivity index (χ0v) is 21.4. The highest BCUT2D eigenvalue weighted by Crippen LogP contribution is 2.25. The molecule has 2 heterocycles. The number of halogens is 1. The van der Waals surface area contributed by atoms with E-state index in [2.05, 4.69) is 19.5 Å². The third kappa shape index (κ3) is 6.88. The molecular weight excluding hydrogens is 496 g/mol. The maximum absolute atomic E-state index is 12.4. The van der Waals surface area contributed by atoms with Gasteiger partial charge in [0.15, 0.2) is 0 Å². The number of hydrogen-bond acceptors (Lipinski definition) is 8. The number of nitrogens with one attached hydrogen (secondary N) is 1. The Morgan fingerprint density at radius 1 is 1.15 bits per heavy atom. The fourth-order valence-electron chi connectivity index (χ4n) is 3.89. The molecule has 0 radical (unpaired) electrons. The molecule has 1 aliphatic rings. The molecule has 3 aromatic rings. The Hall–Kier alpha value is -1.79. The molecule has 0 spiro atoms. The molecule has 184 valence electrons. The number of aromatic nitrogens is 1. The average Bonchev–Trinajstić information content (AvgIpc) is 3.18. The van der Waals surface area contributed by atoms with E-state index in [1.165, 1.54) is 12.1 Å². The van der Waals surface area contributed by atoms with E-state index in [1.807, 2.05) is 25.1 Å². The second-order valence-corrected chi connectivity index (χ2v) is 11.8.